The number of hydrogen-bond donors (Lipinski definition) is 2. The summed E-state index contributed by atoms with van der Waals surface area (Å²) in [6.07, 6.45) is 0.557. The number of β-amino-alcohol motifs (C(OH)–C–C–N with tert-alkyl or cyclic N) is 1. The summed E-state index contributed by atoms with van der Waals surface area (Å²) in [4.78, 5) is 4.67. The number of hydrogen-bond acceptors (Lipinski definition) is 5. The Balaban J connectivity index is 1.32. The molecule has 2 aliphatic heterocycles. The van der Waals surface area contributed by atoms with Gasteiger partial charge in [-0.3, -0.25) is 4.90 Å². The molecular formula is C22H29N3O2. The van der Waals surface area contributed by atoms with Gasteiger partial charge in [-0.2, -0.15) is 0 Å². The van der Waals surface area contributed by atoms with E-state index in [2.05, 4.69) is 45.4 Å². The number of fused-ring (bicyclic) bond motifs is 1. The Kier molecular flexibility index (Phi) is 5.92. The molecule has 144 valence electrons. The van der Waals surface area contributed by atoms with Crippen molar-refractivity contribution in [1.29, 1.82) is 0 Å². The molecule has 2 heterocycles. The van der Waals surface area contributed by atoms with E-state index in [-0.39, 0.29) is 0 Å². The quantitative estimate of drug-likeness (QED) is 0.817. The molecule has 1 unspecified atom stereocenters. The molecule has 0 spiro atoms. The fourth-order valence-electron chi connectivity index (χ4n) is 3.99. The zero-order valence-electron chi connectivity index (χ0n) is 15.8. The van der Waals surface area contributed by atoms with Crippen LogP contribution in [0.4, 0.5) is 5.69 Å². The molecular weight excluding hydrogens is 338 g/mol. The van der Waals surface area contributed by atoms with Crippen LogP contribution in [0, 0.1) is 0 Å². The van der Waals surface area contributed by atoms with E-state index in [1.54, 1.807) is 0 Å². The van der Waals surface area contributed by atoms with Crippen LogP contribution in [-0.4, -0.2) is 62.0 Å². The van der Waals surface area contributed by atoms with Gasteiger partial charge >= 0.3 is 0 Å². The molecule has 2 aromatic rings. The van der Waals surface area contributed by atoms with E-state index in [1.807, 2.05) is 18.2 Å². The molecule has 0 aliphatic carbocycles. The first-order valence-electron chi connectivity index (χ1n) is 9.94. The second kappa shape index (κ2) is 8.74. The molecule has 27 heavy (non-hydrogen) atoms. The SMILES string of the molecule is OC(COc1ccccc1N1CCNCC1)CN1CCc2ccccc2C1. The average Bonchev–Trinajstić information content (AvgIpc) is 2.73. The Bertz CT molecular complexity index is 746. The lowest BCUT2D eigenvalue weighted by molar-refractivity contribution is 0.0639. The normalized spacial score (nSPS) is 18.8. The maximum Gasteiger partial charge on any atom is 0.142 e. The van der Waals surface area contributed by atoms with Gasteiger partial charge in [-0.15, -0.1) is 0 Å². The number of anilines is 1. The Hall–Kier alpha value is -2.08. The number of piperazine rings is 1. The van der Waals surface area contributed by atoms with Gasteiger partial charge in [0.1, 0.15) is 18.5 Å². The third-order valence-electron chi connectivity index (χ3n) is 5.43. The maximum atomic E-state index is 10.5. The summed E-state index contributed by atoms with van der Waals surface area (Å²) in [6.45, 7) is 6.81. The van der Waals surface area contributed by atoms with Gasteiger partial charge in [0.05, 0.1) is 5.69 Å². The second-order valence-corrected chi connectivity index (χ2v) is 7.42. The van der Waals surface area contributed by atoms with Crippen LogP contribution in [0.3, 0.4) is 0 Å². The van der Waals surface area contributed by atoms with Crippen molar-refractivity contribution in [2.24, 2.45) is 0 Å². The van der Waals surface area contributed by atoms with Gasteiger partial charge in [0, 0.05) is 45.8 Å². The molecule has 0 amide bonds. The number of aliphatic hydroxyl groups excluding tert-OH is 1. The summed E-state index contributed by atoms with van der Waals surface area (Å²) in [5.74, 6) is 0.863. The summed E-state index contributed by atoms with van der Waals surface area (Å²) in [5, 5.41) is 13.9. The van der Waals surface area contributed by atoms with Crippen molar-refractivity contribution in [3.8, 4) is 5.75 Å². The minimum absolute atomic E-state index is 0.321. The van der Waals surface area contributed by atoms with Crippen LogP contribution in [0.15, 0.2) is 48.5 Å². The van der Waals surface area contributed by atoms with Crippen molar-refractivity contribution in [3.63, 3.8) is 0 Å². The highest BCUT2D eigenvalue weighted by Gasteiger charge is 2.20. The minimum atomic E-state index is -0.494. The summed E-state index contributed by atoms with van der Waals surface area (Å²) in [5.41, 5.74) is 3.93. The molecule has 5 nitrogen and oxygen atoms in total. The summed E-state index contributed by atoms with van der Waals surface area (Å²) < 4.78 is 6.02. The molecule has 1 atom stereocenters. The van der Waals surface area contributed by atoms with Crippen molar-refractivity contribution in [2.75, 3.05) is 50.8 Å². The molecule has 2 aliphatic rings. The minimum Gasteiger partial charge on any atom is -0.489 e. The summed E-state index contributed by atoms with van der Waals surface area (Å²) in [7, 11) is 0. The maximum absolute atomic E-state index is 10.5. The number of ether oxygens (including phenoxy) is 1. The van der Waals surface area contributed by atoms with E-state index in [9.17, 15) is 5.11 Å². The van der Waals surface area contributed by atoms with Crippen molar-refractivity contribution >= 4 is 5.69 Å². The highest BCUT2D eigenvalue weighted by Crippen LogP contribution is 2.28. The van der Waals surface area contributed by atoms with Gasteiger partial charge in [-0.25, -0.2) is 0 Å². The lowest BCUT2D eigenvalue weighted by Gasteiger charge is -2.32. The molecule has 0 radical (unpaired) electrons. The van der Waals surface area contributed by atoms with Crippen molar-refractivity contribution < 1.29 is 9.84 Å². The van der Waals surface area contributed by atoms with Crippen LogP contribution in [0.2, 0.25) is 0 Å². The highest BCUT2D eigenvalue weighted by atomic mass is 16.5. The molecule has 1 fully saturated rings. The van der Waals surface area contributed by atoms with E-state index in [1.165, 1.54) is 11.1 Å². The predicted molar refractivity (Wildman–Crippen MR) is 108 cm³/mol. The fourth-order valence-corrected chi connectivity index (χ4v) is 3.99. The van der Waals surface area contributed by atoms with Gasteiger partial charge in [-0.05, 0) is 29.7 Å². The number of nitrogens with one attached hydrogen (secondary N) is 1. The fraction of sp³-hybridized carbons (Fsp3) is 0.455. The van der Waals surface area contributed by atoms with Gasteiger partial charge in [-0.1, -0.05) is 36.4 Å². The first-order valence-corrected chi connectivity index (χ1v) is 9.94. The van der Waals surface area contributed by atoms with E-state index in [4.69, 9.17) is 4.74 Å². The monoisotopic (exact) mass is 367 g/mol. The van der Waals surface area contributed by atoms with Gasteiger partial charge < -0.3 is 20.1 Å². The Morgan fingerprint density at radius 3 is 2.56 bits per heavy atom. The number of benzene rings is 2. The van der Waals surface area contributed by atoms with Crippen LogP contribution >= 0.6 is 0 Å². The van der Waals surface area contributed by atoms with E-state index < -0.39 is 6.10 Å². The van der Waals surface area contributed by atoms with E-state index in [0.29, 0.717) is 13.2 Å². The van der Waals surface area contributed by atoms with E-state index in [0.717, 1.165) is 57.1 Å². The smallest absolute Gasteiger partial charge is 0.142 e. The first-order chi connectivity index (χ1) is 13.3. The Labute approximate surface area is 161 Å². The van der Waals surface area contributed by atoms with Crippen LogP contribution in [0.25, 0.3) is 0 Å². The number of rotatable bonds is 6. The number of para-hydroxylation sites is 2. The molecule has 0 saturated carbocycles. The molecule has 2 N–H and O–H groups in total. The molecule has 1 saturated heterocycles. The standard InChI is InChI=1S/C22H29N3O2/c26-20(16-24-12-9-18-5-1-2-6-19(18)15-24)17-27-22-8-4-3-7-21(22)25-13-10-23-11-14-25/h1-8,20,23,26H,9-17H2. The molecule has 4 rings (SSSR count). The summed E-state index contributed by atoms with van der Waals surface area (Å²) >= 11 is 0. The molecule has 0 aromatic heterocycles. The van der Waals surface area contributed by atoms with Crippen molar-refractivity contribution in [3.05, 3.63) is 59.7 Å². The van der Waals surface area contributed by atoms with Crippen LogP contribution in [-0.2, 0) is 13.0 Å². The number of aliphatic hydroxyl groups is 1. The zero-order valence-corrected chi connectivity index (χ0v) is 15.8. The molecule has 2 aromatic carbocycles. The average molecular weight is 367 g/mol. The van der Waals surface area contributed by atoms with Crippen LogP contribution < -0.4 is 15.0 Å². The van der Waals surface area contributed by atoms with Crippen molar-refractivity contribution in [2.45, 2.75) is 19.1 Å². The first kappa shape index (κ1) is 18.3. The third kappa shape index (κ3) is 4.61. The predicted octanol–water partition coefficient (Wildman–Crippen LogP) is 1.89. The lowest BCUT2D eigenvalue weighted by Crippen LogP contribution is -2.43. The van der Waals surface area contributed by atoms with E-state index >= 15 is 0 Å². The molecule has 5 heteroatoms. The number of nitrogens with zero attached hydrogens (tertiary/aromatic N) is 2. The van der Waals surface area contributed by atoms with Gasteiger partial charge in [0.2, 0.25) is 0 Å². The second-order valence-electron chi connectivity index (χ2n) is 7.42. The highest BCUT2D eigenvalue weighted by molar-refractivity contribution is 5.58. The largest absolute Gasteiger partial charge is 0.489 e. The van der Waals surface area contributed by atoms with Gasteiger partial charge in [0.15, 0.2) is 0 Å². The topological polar surface area (TPSA) is 48.0 Å². The Morgan fingerprint density at radius 1 is 0.963 bits per heavy atom. The lowest BCUT2D eigenvalue weighted by atomic mass is 10.00. The third-order valence-corrected chi connectivity index (χ3v) is 5.43. The van der Waals surface area contributed by atoms with Crippen LogP contribution in [0.5, 0.6) is 5.75 Å². The zero-order chi connectivity index (χ0) is 18.5. The molecule has 0 bridgehead atoms. The summed E-state index contributed by atoms with van der Waals surface area (Å²) in [6, 6.07) is 16.7. The Morgan fingerprint density at radius 2 is 1.70 bits per heavy atom. The van der Waals surface area contributed by atoms with Gasteiger partial charge in [0.25, 0.3) is 0 Å². The van der Waals surface area contributed by atoms with Crippen molar-refractivity contribution in [1.82, 2.24) is 10.2 Å². The van der Waals surface area contributed by atoms with Crippen LogP contribution in [0.1, 0.15) is 11.1 Å².